The van der Waals surface area contributed by atoms with E-state index in [-0.39, 0.29) is 5.92 Å². The minimum atomic E-state index is 0.168. The minimum Gasteiger partial charge on any atom is -0.488 e. The average Bonchev–Trinajstić information content (AvgIpc) is 3.88. The third-order valence-electron chi connectivity index (χ3n) is 8.08. The lowest BCUT2D eigenvalue weighted by Crippen LogP contribution is -2.07. The zero-order valence-electron chi connectivity index (χ0n) is 28.0. The van der Waals surface area contributed by atoms with Gasteiger partial charge in [0.2, 0.25) is 5.75 Å². The number of aryl methyl sites for hydroxylation is 3. The lowest BCUT2D eigenvalue weighted by molar-refractivity contribution is 0.224. The second kappa shape index (κ2) is 20.7. The zero-order chi connectivity index (χ0) is 32.2. The summed E-state index contributed by atoms with van der Waals surface area (Å²) in [6, 6.07) is 1.73. The molecule has 0 amide bonds. The molecule has 4 heterocycles. The summed E-state index contributed by atoms with van der Waals surface area (Å²) in [5, 5.41) is 15.2. The summed E-state index contributed by atoms with van der Waals surface area (Å²) < 4.78 is 34.4. The molecule has 0 fully saturated rings. The van der Waals surface area contributed by atoms with Gasteiger partial charge < -0.3 is 27.8 Å². The number of nitrogens with zero attached hydrogens (tertiary/aromatic N) is 4. The van der Waals surface area contributed by atoms with Crippen LogP contribution in [-0.4, -0.2) is 33.7 Å². The third-order valence-corrected chi connectivity index (χ3v) is 8.92. The number of hydrogen-bond donors (Lipinski definition) is 0. The van der Waals surface area contributed by atoms with Gasteiger partial charge in [-0.1, -0.05) is 96.1 Å². The van der Waals surface area contributed by atoms with E-state index in [2.05, 4.69) is 34.3 Å². The van der Waals surface area contributed by atoms with E-state index in [0.29, 0.717) is 54.4 Å². The van der Waals surface area contributed by atoms with Crippen LogP contribution in [0.2, 0.25) is 0 Å². The van der Waals surface area contributed by atoms with Gasteiger partial charge in [-0.05, 0) is 36.5 Å². The number of aromatic nitrogens is 4. The lowest BCUT2D eigenvalue weighted by Gasteiger charge is -2.10. The summed E-state index contributed by atoms with van der Waals surface area (Å²) in [5.41, 5.74) is 0. The maximum absolute atomic E-state index is 6.03. The molecule has 0 N–H and O–H groups in total. The van der Waals surface area contributed by atoms with Crippen LogP contribution in [0.25, 0.3) is 0 Å². The van der Waals surface area contributed by atoms with Crippen LogP contribution in [0.1, 0.15) is 138 Å². The summed E-state index contributed by atoms with van der Waals surface area (Å²) in [7, 11) is 0. The highest BCUT2D eigenvalue weighted by Crippen LogP contribution is 2.36. The van der Waals surface area contributed by atoms with Gasteiger partial charge in [-0.3, -0.25) is 0 Å². The number of rotatable bonds is 26. The molecule has 0 saturated heterocycles. The van der Waals surface area contributed by atoms with E-state index >= 15 is 0 Å². The Kier molecular flexibility index (Phi) is 16.0. The number of hydrogen-bond acceptors (Lipinski definition) is 11. The molecule has 0 spiro atoms. The van der Waals surface area contributed by atoms with E-state index in [9.17, 15) is 0 Å². The molecule has 0 saturated carbocycles. The molecular weight excluding hydrogens is 604 g/mol. The molecule has 0 aromatic carbocycles. The fourth-order valence-corrected chi connectivity index (χ4v) is 6.02. The average molecular weight is 657 g/mol. The Morgan fingerprint density at radius 2 is 1.52 bits per heavy atom. The predicted octanol–water partition coefficient (Wildman–Crippen LogP) is 10.4. The molecule has 0 bridgehead atoms. The Balaban J connectivity index is 1.15. The first-order valence-corrected chi connectivity index (χ1v) is 18.2. The van der Waals surface area contributed by atoms with Gasteiger partial charge in [-0.25, -0.2) is 4.98 Å². The first kappa shape index (κ1) is 35.5. The van der Waals surface area contributed by atoms with Gasteiger partial charge in [0.1, 0.15) is 12.0 Å². The van der Waals surface area contributed by atoms with Crippen molar-refractivity contribution in [3.8, 4) is 23.3 Å². The minimum absolute atomic E-state index is 0.168. The summed E-state index contributed by atoms with van der Waals surface area (Å²) in [6.45, 7) is 7.02. The van der Waals surface area contributed by atoms with Crippen LogP contribution < -0.4 is 14.2 Å². The highest BCUT2D eigenvalue weighted by atomic mass is 32.1. The largest absolute Gasteiger partial charge is 0.488 e. The van der Waals surface area contributed by atoms with Crippen molar-refractivity contribution in [1.82, 2.24) is 20.5 Å². The predicted molar refractivity (Wildman–Crippen MR) is 178 cm³/mol. The Hall–Kier alpha value is -3.34. The van der Waals surface area contributed by atoms with Crippen molar-refractivity contribution in [3.63, 3.8) is 0 Å². The van der Waals surface area contributed by atoms with Gasteiger partial charge in [0, 0.05) is 36.4 Å². The Bertz CT molecular complexity index is 1330. The number of thiazole rings is 1. The molecule has 0 aliphatic rings. The van der Waals surface area contributed by atoms with Gasteiger partial charge in [-0.2, -0.15) is 0 Å². The van der Waals surface area contributed by atoms with Gasteiger partial charge >= 0.3 is 0 Å². The maximum Gasteiger partial charge on any atom is 0.298 e. The third kappa shape index (κ3) is 12.5. The molecular formula is C35H52N4O6S. The molecule has 0 aliphatic carbocycles. The second-order valence-electron chi connectivity index (χ2n) is 12.1. The maximum atomic E-state index is 6.03. The highest BCUT2D eigenvalue weighted by molar-refractivity contribution is 7.09. The molecule has 4 rings (SSSR count). The smallest absolute Gasteiger partial charge is 0.298 e. The molecule has 46 heavy (non-hydrogen) atoms. The first-order chi connectivity index (χ1) is 22.6. The van der Waals surface area contributed by atoms with Gasteiger partial charge in [-0.15, -0.1) is 11.3 Å². The molecule has 4 aromatic heterocycles. The normalized spacial score (nSPS) is 12.1. The van der Waals surface area contributed by atoms with E-state index in [0.717, 1.165) is 42.9 Å². The Labute approximate surface area is 277 Å². The summed E-state index contributed by atoms with van der Waals surface area (Å²) >= 11 is 1.67. The molecule has 0 radical (unpaired) electrons. The monoisotopic (exact) mass is 656 g/mol. The van der Waals surface area contributed by atoms with E-state index in [1.807, 2.05) is 18.5 Å². The van der Waals surface area contributed by atoms with E-state index in [1.54, 1.807) is 23.6 Å². The Morgan fingerprint density at radius 3 is 2.20 bits per heavy atom. The molecule has 1 unspecified atom stereocenters. The van der Waals surface area contributed by atoms with Crippen LogP contribution in [0.4, 0.5) is 0 Å². The van der Waals surface area contributed by atoms with E-state index in [4.69, 9.17) is 27.8 Å². The van der Waals surface area contributed by atoms with Crippen molar-refractivity contribution < 1.29 is 27.8 Å². The quantitative estimate of drug-likeness (QED) is 0.0604. The van der Waals surface area contributed by atoms with Crippen LogP contribution in [-0.2, 0) is 12.8 Å². The molecule has 10 nitrogen and oxygen atoms in total. The number of unbranched alkanes of at least 4 members (excludes halogenated alkanes) is 12. The van der Waals surface area contributed by atoms with Crippen molar-refractivity contribution in [1.29, 1.82) is 0 Å². The summed E-state index contributed by atoms with van der Waals surface area (Å²) in [5.74, 6) is 4.04. The standard InChI is InChI=1S/C35H52N4O6S/c1-4-5-6-7-8-9-10-11-12-13-14-15-16-18-29-34(42-31-25-28(3)43-38-31)35(39-44-29)41-23-17-22-40-30-26-37-45-33(30)27(2)19-20-32-36-21-24-46-32/h21,24-27H,4-20,22-23H2,1-3H3. The van der Waals surface area contributed by atoms with Crippen molar-refractivity contribution in [2.45, 2.75) is 136 Å². The van der Waals surface area contributed by atoms with E-state index in [1.165, 1.54) is 70.6 Å². The fourth-order valence-electron chi connectivity index (χ4n) is 5.39. The molecule has 0 aliphatic heterocycles. The van der Waals surface area contributed by atoms with E-state index < -0.39 is 0 Å². The SMILES string of the molecule is CCCCCCCCCCCCCCCc1onc(OCCCOc2cnoc2C(C)CCc2nccs2)c1Oc1cc(C)on1. The first-order valence-electron chi connectivity index (χ1n) is 17.3. The van der Waals surface area contributed by atoms with Crippen molar-refractivity contribution in [2.24, 2.45) is 0 Å². The Morgan fingerprint density at radius 1 is 0.804 bits per heavy atom. The van der Waals surface area contributed by atoms with Crippen molar-refractivity contribution in [2.75, 3.05) is 13.2 Å². The summed E-state index contributed by atoms with van der Waals surface area (Å²) in [4.78, 5) is 4.36. The van der Waals surface area contributed by atoms with Crippen LogP contribution in [0.5, 0.6) is 23.3 Å². The summed E-state index contributed by atoms with van der Waals surface area (Å²) in [6.07, 6.45) is 23.6. The fraction of sp³-hybridized carbons (Fsp3) is 0.657. The van der Waals surface area contributed by atoms with Gasteiger partial charge in [0.25, 0.3) is 11.8 Å². The topological polar surface area (TPSA) is 119 Å². The van der Waals surface area contributed by atoms with Crippen LogP contribution >= 0.6 is 11.3 Å². The van der Waals surface area contributed by atoms with Gasteiger partial charge in [0.15, 0.2) is 17.3 Å². The van der Waals surface area contributed by atoms with Gasteiger partial charge in [0.05, 0.1) is 18.2 Å². The van der Waals surface area contributed by atoms with Crippen LogP contribution in [0.3, 0.4) is 0 Å². The second-order valence-corrected chi connectivity index (χ2v) is 13.1. The molecule has 4 aromatic rings. The lowest BCUT2D eigenvalue weighted by atomic mass is 10.0. The number of ether oxygens (including phenoxy) is 3. The molecule has 11 heteroatoms. The van der Waals surface area contributed by atoms with Crippen LogP contribution in [0.15, 0.2) is 37.4 Å². The highest BCUT2D eigenvalue weighted by Gasteiger charge is 2.22. The molecule has 254 valence electrons. The zero-order valence-corrected chi connectivity index (χ0v) is 28.8. The van der Waals surface area contributed by atoms with Crippen molar-refractivity contribution in [3.05, 3.63) is 46.1 Å². The van der Waals surface area contributed by atoms with Crippen molar-refractivity contribution >= 4 is 11.3 Å². The molecule has 1 atom stereocenters. The van der Waals surface area contributed by atoms with Crippen LogP contribution in [0, 0.1) is 6.92 Å².